The third-order valence-corrected chi connectivity index (χ3v) is 4.26. The van der Waals surface area contributed by atoms with E-state index in [-0.39, 0.29) is 11.9 Å². The summed E-state index contributed by atoms with van der Waals surface area (Å²) in [5.74, 6) is 0.697. The number of nitrogens with two attached hydrogens (primary N) is 1. The average molecular weight is 333 g/mol. The molecule has 128 valence electrons. The van der Waals surface area contributed by atoms with Crippen LogP contribution in [0.2, 0.25) is 0 Å². The zero-order valence-electron chi connectivity index (χ0n) is 13.5. The third kappa shape index (κ3) is 3.82. The number of rotatable bonds is 6. The van der Waals surface area contributed by atoms with Crippen LogP contribution in [-0.4, -0.2) is 31.1 Å². The molecule has 1 atom stereocenters. The Morgan fingerprint density at radius 2 is 1.96 bits per heavy atom. The lowest BCUT2D eigenvalue weighted by molar-refractivity contribution is 0.0796. The highest BCUT2D eigenvalue weighted by Crippen LogP contribution is 2.32. The van der Waals surface area contributed by atoms with Crippen molar-refractivity contribution >= 4 is 5.69 Å². The monoisotopic (exact) mass is 333 g/mol. The van der Waals surface area contributed by atoms with Gasteiger partial charge in [0.15, 0.2) is 6.61 Å². The summed E-state index contributed by atoms with van der Waals surface area (Å²) < 4.78 is 29.4. The number of ether oxygens (including phenoxy) is 1. The number of anilines is 1. The first-order valence-corrected chi connectivity index (χ1v) is 8.00. The van der Waals surface area contributed by atoms with Crippen LogP contribution < -0.4 is 15.4 Å². The molecular weight excluding hydrogens is 312 g/mol. The van der Waals surface area contributed by atoms with Gasteiger partial charge < -0.3 is 15.4 Å². The van der Waals surface area contributed by atoms with Gasteiger partial charge in [-0.05, 0) is 24.1 Å². The van der Waals surface area contributed by atoms with E-state index < -0.39 is 13.0 Å². The number of alkyl halides is 2. The Morgan fingerprint density at radius 3 is 2.58 bits per heavy atom. The van der Waals surface area contributed by atoms with Crippen LogP contribution in [0.25, 0.3) is 0 Å². The largest absolute Gasteiger partial charge is 0.472 e. The van der Waals surface area contributed by atoms with Crippen molar-refractivity contribution in [3.63, 3.8) is 0 Å². The summed E-state index contributed by atoms with van der Waals surface area (Å²) in [4.78, 5) is 6.14. The molecule has 1 aliphatic heterocycles. The van der Waals surface area contributed by atoms with Crippen molar-refractivity contribution in [2.24, 2.45) is 5.73 Å². The second kappa shape index (κ2) is 7.13. The second-order valence-corrected chi connectivity index (χ2v) is 6.11. The van der Waals surface area contributed by atoms with Gasteiger partial charge in [-0.1, -0.05) is 24.3 Å². The van der Waals surface area contributed by atoms with E-state index in [1.165, 1.54) is 5.56 Å². The highest BCUT2D eigenvalue weighted by Gasteiger charge is 2.28. The maximum absolute atomic E-state index is 12.2. The number of benzene rings is 1. The molecule has 3 rings (SSSR count). The minimum atomic E-state index is -2.50. The molecule has 0 bridgehead atoms. The van der Waals surface area contributed by atoms with E-state index in [9.17, 15) is 8.78 Å². The Labute approximate surface area is 140 Å². The van der Waals surface area contributed by atoms with Crippen LogP contribution in [-0.2, 0) is 0 Å². The highest BCUT2D eigenvalue weighted by atomic mass is 19.3. The van der Waals surface area contributed by atoms with Gasteiger partial charge in [-0.3, -0.25) is 0 Å². The molecule has 2 N–H and O–H groups in total. The van der Waals surface area contributed by atoms with Crippen LogP contribution in [0, 0.1) is 0 Å². The first-order valence-electron chi connectivity index (χ1n) is 8.00. The fourth-order valence-electron chi connectivity index (χ4n) is 2.79. The van der Waals surface area contributed by atoms with Gasteiger partial charge in [0.25, 0.3) is 6.43 Å². The predicted molar refractivity (Wildman–Crippen MR) is 89.7 cm³/mol. The van der Waals surface area contributed by atoms with Crippen molar-refractivity contribution in [2.75, 3.05) is 24.6 Å². The summed E-state index contributed by atoms with van der Waals surface area (Å²) in [5, 5.41) is 0. The van der Waals surface area contributed by atoms with Crippen LogP contribution in [0.5, 0.6) is 5.88 Å². The van der Waals surface area contributed by atoms with Crippen molar-refractivity contribution < 1.29 is 13.5 Å². The fourth-order valence-corrected chi connectivity index (χ4v) is 2.79. The lowest BCUT2D eigenvalue weighted by atomic mass is 9.90. The van der Waals surface area contributed by atoms with Crippen LogP contribution in [0.4, 0.5) is 14.5 Å². The summed E-state index contributed by atoms with van der Waals surface area (Å²) in [6, 6.07) is 12.0. The molecule has 0 saturated carbocycles. The molecule has 2 heterocycles. The number of hydrogen-bond acceptors (Lipinski definition) is 4. The molecule has 0 spiro atoms. The van der Waals surface area contributed by atoms with Crippen LogP contribution in [0.1, 0.15) is 30.0 Å². The number of nitrogens with zero attached hydrogens (tertiary/aromatic N) is 2. The predicted octanol–water partition coefficient (Wildman–Crippen LogP) is 3.35. The molecular formula is C18H21F2N3O. The molecule has 1 aromatic carbocycles. The lowest BCUT2D eigenvalue weighted by Crippen LogP contribution is -2.45. The minimum Gasteiger partial charge on any atom is -0.472 e. The zero-order chi connectivity index (χ0) is 17.1. The molecule has 0 radical (unpaired) electrons. The standard InChI is InChI=1S/C18H21F2N3O/c1-12(21)13-2-4-14(5-3-13)15-9-23(10-15)16-6-7-22-18(8-16)24-11-17(19)20/h2-8,12,15,17H,9-11,21H2,1H3/t12-/m0/s1. The van der Waals surface area contributed by atoms with E-state index in [2.05, 4.69) is 34.1 Å². The third-order valence-electron chi connectivity index (χ3n) is 4.26. The normalized spacial score (nSPS) is 16.1. The Kier molecular flexibility index (Phi) is 4.94. The SMILES string of the molecule is C[C@H](N)c1ccc(C2CN(c3ccnc(OCC(F)F)c3)C2)cc1. The van der Waals surface area contributed by atoms with Crippen molar-refractivity contribution in [1.29, 1.82) is 0 Å². The number of aromatic nitrogens is 1. The molecule has 0 unspecified atom stereocenters. The van der Waals surface area contributed by atoms with Crippen molar-refractivity contribution in [1.82, 2.24) is 4.98 Å². The van der Waals surface area contributed by atoms with Gasteiger partial charge in [-0.15, -0.1) is 0 Å². The van der Waals surface area contributed by atoms with Crippen molar-refractivity contribution in [2.45, 2.75) is 25.3 Å². The fraction of sp³-hybridized carbons (Fsp3) is 0.389. The van der Waals surface area contributed by atoms with Gasteiger partial charge in [0, 0.05) is 43.0 Å². The number of halogens is 2. The van der Waals surface area contributed by atoms with Crippen molar-refractivity contribution in [3.8, 4) is 5.88 Å². The molecule has 1 saturated heterocycles. The molecule has 6 heteroatoms. The van der Waals surface area contributed by atoms with Gasteiger partial charge in [0.1, 0.15) is 0 Å². The molecule has 1 fully saturated rings. The Balaban J connectivity index is 1.59. The lowest BCUT2D eigenvalue weighted by Gasteiger charge is -2.41. The molecule has 0 aliphatic carbocycles. The molecule has 4 nitrogen and oxygen atoms in total. The van der Waals surface area contributed by atoms with E-state index in [0.717, 1.165) is 24.3 Å². The highest BCUT2D eigenvalue weighted by molar-refractivity contribution is 5.52. The zero-order valence-corrected chi connectivity index (χ0v) is 13.5. The summed E-state index contributed by atoms with van der Waals surface area (Å²) in [7, 11) is 0. The number of hydrogen-bond donors (Lipinski definition) is 1. The molecule has 2 aromatic rings. The van der Waals surface area contributed by atoms with Gasteiger partial charge in [-0.25, -0.2) is 13.8 Å². The van der Waals surface area contributed by atoms with E-state index in [4.69, 9.17) is 10.5 Å². The summed E-state index contributed by atoms with van der Waals surface area (Å²) in [6.45, 7) is 3.11. The average Bonchev–Trinajstić information content (AvgIpc) is 2.52. The summed E-state index contributed by atoms with van der Waals surface area (Å²) in [6.07, 6.45) is -0.913. The maximum Gasteiger partial charge on any atom is 0.272 e. The van der Waals surface area contributed by atoms with E-state index in [1.807, 2.05) is 13.0 Å². The first kappa shape index (κ1) is 16.6. The van der Waals surface area contributed by atoms with E-state index >= 15 is 0 Å². The number of pyridine rings is 1. The van der Waals surface area contributed by atoms with Gasteiger partial charge >= 0.3 is 0 Å². The molecule has 1 aromatic heterocycles. The Bertz CT molecular complexity index is 670. The van der Waals surface area contributed by atoms with E-state index in [1.54, 1.807) is 12.3 Å². The van der Waals surface area contributed by atoms with Crippen LogP contribution >= 0.6 is 0 Å². The van der Waals surface area contributed by atoms with Gasteiger partial charge in [0.2, 0.25) is 5.88 Å². The van der Waals surface area contributed by atoms with Crippen LogP contribution in [0.3, 0.4) is 0 Å². The first-order chi connectivity index (χ1) is 11.5. The smallest absolute Gasteiger partial charge is 0.272 e. The van der Waals surface area contributed by atoms with Crippen molar-refractivity contribution in [3.05, 3.63) is 53.7 Å². The molecule has 24 heavy (non-hydrogen) atoms. The van der Waals surface area contributed by atoms with Gasteiger partial charge in [-0.2, -0.15) is 0 Å². The Morgan fingerprint density at radius 1 is 1.25 bits per heavy atom. The molecule has 0 amide bonds. The van der Waals surface area contributed by atoms with E-state index in [0.29, 0.717) is 5.92 Å². The minimum absolute atomic E-state index is 0.0421. The van der Waals surface area contributed by atoms with Gasteiger partial charge in [0.05, 0.1) is 0 Å². The quantitative estimate of drug-likeness (QED) is 0.881. The topological polar surface area (TPSA) is 51.4 Å². The summed E-state index contributed by atoms with van der Waals surface area (Å²) >= 11 is 0. The molecule has 1 aliphatic rings. The maximum atomic E-state index is 12.2. The second-order valence-electron chi connectivity index (χ2n) is 6.11. The van der Waals surface area contributed by atoms with Crippen LogP contribution in [0.15, 0.2) is 42.6 Å². The Hall–Kier alpha value is -2.21. The summed E-state index contributed by atoms with van der Waals surface area (Å²) in [5.41, 5.74) is 9.23.